The Hall–Kier alpha value is -1.14. The van der Waals surface area contributed by atoms with Crippen LogP contribution in [0.2, 0.25) is 0 Å². The summed E-state index contributed by atoms with van der Waals surface area (Å²) in [4.78, 5) is 12.3. The quantitative estimate of drug-likeness (QED) is 0.615. The molecular weight excluding hydrogens is 234 g/mol. The Balaban J connectivity index is 1.72. The first-order valence-electron chi connectivity index (χ1n) is 6.01. The fourth-order valence-electron chi connectivity index (χ4n) is 2.21. The van der Waals surface area contributed by atoms with Gasteiger partial charge in [0.1, 0.15) is 0 Å². The van der Waals surface area contributed by atoms with Gasteiger partial charge in [0.2, 0.25) is 5.13 Å². The van der Waals surface area contributed by atoms with Gasteiger partial charge >= 0.3 is 0 Å². The molecule has 17 heavy (non-hydrogen) atoms. The highest BCUT2D eigenvalue weighted by atomic mass is 32.1. The molecule has 92 valence electrons. The molecule has 1 aliphatic carbocycles. The summed E-state index contributed by atoms with van der Waals surface area (Å²) in [5.41, 5.74) is 11.9. The van der Waals surface area contributed by atoms with Crippen molar-refractivity contribution < 1.29 is 0 Å². The molecule has 0 bridgehead atoms. The maximum Gasteiger partial charge on any atom is 0.212 e. The zero-order valence-electron chi connectivity index (χ0n) is 9.72. The van der Waals surface area contributed by atoms with Gasteiger partial charge in [-0.05, 0) is 18.8 Å². The predicted molar refractivity (Wildman–Crippen MR) is 69.3 cm³/mol. The molecule has 0 unspecified atom stereocenters. The molecule has 1 fully saturated rings. The van der Waals surface area contributed by atoms with Crippen LogP contribution in [0.4, 0.5) is 5.13 Å². The Kier molecular flexibility index (Phi) is 2.76. The van der Waals surface area contributed by atoms with E-state index in [-0.39, 0.29) is 5.96 Å². The van der Waals surface area contributed by atoms with Crippen LogP contribution in [0.5, 0.6) is 0 Å². The average molecular weight is 251 g/mol. The maximum absolute atomic E-state index is 5.37. The topological polar surface area (TPSA) is 80.5 Å². The van der Waals surface area contributed by atoms with Crippen molar-refractivity contribution in [1.82, 2.24) is 9.88 Å². The van der Waals surface area contributed by atoms with E-state index >= 15 is 0 Å². The second kappa shape index (κ2) is 4.27. The fourth-order valence-corrected chi connectivity index (χ4v) is 3.25. The molecule has 6 heteroatoms. The van der Waals surface area contributed by atoms with Crippen molar-refractivity contribution in [1.29, 1.82) is 0 Å². The van der Waals surface area contributed by atoms with Gasteiger partial charge in [0.25, 0.3) is 0 Å². The Morgan fingerprint density at radius 3 is 3.00 bits per heavy atom. The van der Waals surface area contributed by atoms with Crippen LogP contribution in [-0.2, 0) is 13.0 Å². The molecule has 0 saturated heterocycles. The second-order valence-electron chi connectivity index (χ2n) is 4.83. The van der Waals surface area contributed by atoms with E-state index in [2.05, 4.69) is 14.9 Å². The zero-order chi connectivity index (χ0) is 11.8. The molecule has 5 nitrogen and oxygen atoms in total. The van der Waals surface area contributed by atoms with Gasteiger partial charge in [0, 0.05) is 30.9 Å². The van der Waals surface area contributed by atoms with Crippen molar-refractivity contribution in [2.45, 2.75) is 25.8 Å². The normalized spacial score (nSPS) is 20.0. The number of hydrogen-bond donors (Lipinski definition) is 2. The largest absolute Gasteiger partial charge is 0.370 e. The fraction of sp³-hybridized carbons (Fsp3) is 0.636. The molecule has 0 radical (unpaired) electrons. The van der Waals surface area contributed by atoms with E-state index in [1.165, 1.54) is 30.0 Å². The van der Waals surface area contributed by atoms with Crippen LogP contribution in [0.1, 0.15) is 23.4 Å². The summed E-state index contributed by atoms with van der Waals surface area (Å²) in [6.45, 7) is 3.38. The van der Waals surface area contributed by atoms with Crippen LogP contribution in [0.25, 0.3) is 0 Å². The molecule has 2 heterocycles. The van der Waals surface area contributed by atoms with E-state index in [0.29, 0.717) is 5.13 Å². The lowest BCUT2D eigenvalue weighted by molar-refractivity contribution is 0.245. The monoisotopic (exact) mass is 251 g/mol. The van der Waals surface area contributed by atoms with Crippen molar-refractivity contribution in [2.75, 3.05) is 13.1 Å². The van der Waals surface area contributed by atoms with Gasteiger partial charge in [-0.3, -0.25) is 4.90 Å². The molecule has 1 saturated carbocycles. The molecule has 3 rings (SSSR count). The lowest BCUT2D eigenvalue weighted by Gasteiger charge is -2.25. The Morgan fingerprint density at radius 1 is 1.47 bits per heavy atom. The number of aliphatic imine (C=N–C) groups is 1. The van der Waals surface area contributed by atoms with E-state index in [4.69, 9.17) is 11.5 Å². The first-order valence-corrected chi connectivity index (χ1v) is 6.83. The molecule has 1 aromatic rings. The Bertz CT molecular complexity index is 445. The molecule has 0 spiro atoms. The van der Waals surface area contributed by atoms with Gasteiger partial charge in [-0.15, -0.1) is 0 Å². The minimum Gasteiger partial charge on any atom is -0.370 e. The summed E-state index contributed by atoms with van der Waals surface area (Å²) in [7, 11) is 0. The van der Waals surface area contributed by atoms with E-state index in [1.807, 2.05) is 0 Å². The summed E-state index contributed by atoms with van der Waals surface area (Å²) < 4.78 is 0. The summed E-state index contributed by atoms with van der Waals surface area (Å²) in [6, 6.07) is 0. The summed E-state index contributed by atoms with van der Waals surface area (Å²) in [6.07, 6.45) is 3.84. The van der Waals surface area contributed by atoms with E-state index < -0.39 is 0 Å². The van der Waals surface area contributed by atoms with Gasteiger partial charge in [0.05, 0.1) is 5.69 Å². The zero-order valence-corrected chi connectivity index (χ0v) is 10.5. The summed E-state index contributed by atoms with van der Waals surface area (Å²) >= 11 is 1.61. The Morgan fingerprint density at radius 2 is 2.29 bits per heavy atom. The summed E-state index contributed by atoms with van der Waals surface area (Å²) in [5.74, 6) is 1.03. The predicted octanol–water partition coefficient (Wildman–Crippen LogP) is 0.816. The minimum absolute atomic E-state index is 0.0888. The minimum atomic E-state index is 0.0888. The highest BCUT2D eigenvalue weighted by Gasteiger charge is 2.27. The summed E-state index contributed by atoms with van der Waals surface area (Å²) in [5, 5.41) is 0.697. The highest BCUT2D eigenvalue weighted by molar-refractivity contribution is 7.15. The molecule has 1 aliphatic heterocycles. The molecular formula is C11H17N5S. The highest BCUT2D eigenvalue weighted by Crippen LogP contribution is 2.34. The van der Waals surface area contributed by atoms with E-state index in [1.54, 1.807) is 11.3 Å². The number of fused-ring (bicyclic) bond motifs is 1. The number of rotatable bonds is 3. The molecule has 1 aromatic heterocycles. The van der Waals surface area contributed by atoms with Crippen LogP contribution < -0.4 is 11.5 Å². The SMILES string of the molecule is NC(N)=Nc1nc2c(s1)CN(CC1CC1)CC2. The molecule has 4 N–H and O–H groups in total. The van der Waals surface area contributed by atoms with Gasteiger partial charge in [-0.25, -0.2) is 4.98 Å². The molecule has 0 aromatic carbocycles. The smallest absolute Gasteiger partial charge is 0.212 e. The first kappa shape index (κ1) is 11.0. The number of thiazole rings is 1. The van der Waals surface area contributed by atoms with Gasteiger partial charge in [-0.2, -0.15) is 4.99 Å². The van der Waals surface area contributed by atoms with Crippen LogP contribution >= 0.6 is 11.3 Å². The molecule has 2 aliphatic rings. The van der Waals surface area contributed by atoms with Crippen molar-refractivity contribution in [3.63, 3.8) is 0 Å². The van der Waals surface area contributed by atoms with E-state index in [0.717, 1.165) is 25.4 Å². The van der Waals surface area contributed by atoms with Crippen molar-refractivity contribution in [3.05, 3.63) is 10.6 Å². The third kappa shape index (κ3) is 2.58. The van der Waals surface area contributed by atoms with Gasteiger partial charge in [-0.1, -0.05) is 11.3 Å². The second-order valence-corrected chi connectivity index (χ2v) is 5.89. The number of nitrogens with two attached hydrogens (primary N) is 2. The lowest BCUT2D eigenvalue weighted by Crippen LogP contribution is -2.31. The first-order chi connectivity index (χ1) is 8.20. The standard InChI is InChI=1S/C11H17N5S/c12-10(13)15-11-14-8-3-4-16(5-7-1-2-7)6-9(8)17-11/h7H,1-6H2,(H4,12,13,14,15). The number of guanidine groups is 1. The van der Waals surface area contributed by atoms with Gasteiger partial charge in [0.15, 0.2) is 5.96 Å². The number of aromatic nitrogens is 1. The van der Waals surface area contributed by atoms with Crippen LogP contribution in [0, 0.1) is 5.92 Å². The number of hydrogen-bond acceptors (Lipinski definition) is 4. The molecule has 0 amide bonds. The van der Waals surface area contributed by atoms with Crippen LogP contribution in [-0.4, -0.2) is 28.9 Å². The average Bonchev–Trinajstić information content (AvgIpc) is 2.96. The third-order valence-electron chi connectivity index (χ3n) is 3.24. The van der Waals surface area contributed by atoms with Crippen molar-refractivity contribution in [3.8, 4) is 0 Å². The van der Waals surface area contributed by atoms with Gasteiger partial charge < -0.3 is 11.5 Å². The number of nitrogens with zero attached hydrogens (tertiary/aromatic N) is 3. The Labute approximate surface area is 105 Å². The van der Waals surface area contributed by atoms with E-state index in [9.17, 15) is 0 Å². The maximum atomic E-state index is 5.37. The third-order valence-corrected chi connectivity index (χ3v) is 4.21. The lowest BCUT2D eigenvalue weighted by atomic mass is 10.1. The van der Waals surface area contributed by atoms with Crippen molar-refractivity contribution in [2.24, 2.45) is 22.4 Å². The van der Waals surface area contributed by atoms with Crippen LogP contribution in [0.3, 0.4) is 0 Å². The molecule has 0 atom stereocenters. The van der Waals surface area contributed by atoms with Crippen LogP contribution in [0.15, 0.2) is 4.99 Å². The van der Waals surface area contributed by atoms with Crippen molar-refractivity contribution >= 4 is 22.4 Å².